The fourth-order valence-corrected chi connectivity index (χ4v) is 2.11. The van der Waals surface area contributed by atoms with E-state index in [0.717, 1.165) is 10.0 Å². The lowest BCUT2D eigenvalue weighted by Gasteiger charge is -2.09. The van der Waals surface area contributed by atoms with Crippen molar-refractivity contribution in [3.8, 4) is 0 Å². The van der Waals surface area contributed by atoms with Crippen LogP contribution in [0.25, 0.3) is 0 Å². The number of nitrogens with one attached hydrogen (secondary N) is 1. The minimum atomic E-state index is -0.995. The zero-order valence-corrected chi connectivity index (χ0v) is 12.3. The Bertz CT molecular complexity index is 665. The molecule has 2 aromatic rings. The Morgan fingerprint density at radius 3 is 2.35 bits per heavy atom. The maximum Gasteiger partial charge on any atom is 0.335 e. The van der Waals surface area contributed by atoms with Gasteiger partial charge >= 0.3 is 5.97 Å². The molecule has 5 heteroatoms. The third kappa shape index (κ3) is 3.05. The molecule has 4 nitrogen and oxygen atoms in total. The molecule has 0 spiro atoms. The van der Waals surface area contributed by atoms with Gasteiger partial charge in [0, 0.05) is 15.7 Å². The molecule has 0 radical (unpaired) electrons. The van der Waals surface area contributed by atoms with Crippen LogP contribution in [0.15, 0.2) is 46.9 Å². The molecule has 0 fully saturated rings. The summed E-state index contributed by atoms with van der Waals surface area (Å²) >= 11 is 3.38. The van der Waals surface area contributed by atoms with Crippen LogP contribution in [-0.2, 0) is 0 Å². The first-order valence-corrected chi connectivity index (χ1v) is 6.68. The van der Waals surface area contributed by atoms with Crippen molar-refractivity contribution in [2.75, 3.05) is 5.32 Å². The molecule has 102 valence electrons. The molecule has 2 rings (SSSR count). The van der Waals surface area contributed by atoms with Gasteiger partial charge in [0.2, 0.25) is 0 Å². The number of amides is 1. The zero-order valence-electron chi connectivity index (χ0n) is 10.7. The predicted molar refractivity (Wildman–Crippen MR) is 80.2 cm³/mol. The normalized spacial score (nSPS) is 10.1. The van der Waals surface area contributed by atoms with Crippen molar-refractivity contribution < 1.29 is 14.7 Å². The van der Waals surface area contributed by atoms with Gasteiger partial charge in [-0.3, -0.25) is 4.79 Å². The summed E-state index contributed by atoms with van der Waals surface area (Å²) in [4.78, 5) is 22.9. The summed E-state index contributed by atoms with van der Waals surface area (Å²) in [5.74, 6) is -1.22. The molecular formula is C15H12BrNO3. The SMILES string of the molecule is Cc1c(Br)cccc1C(=O)Nc1ccc(C(=O)O)cc1. The summed E-state index contributed by atoms with van der Waals surface area (Å²) in [7, 11) is 0. The van der Waals surface area contributed by atoms with Crippen molar-refractivity contribution in [2.24, 2.45) is 0 Å². The van der Waals surface area contributed by atoms with Crippen LogP contribution in [-0.4, -0.2) is 17.0 Å². The van der Waals surface area contributed by atoms with Crippen LogP contribution in [0.5, 0.6) is 0 Å². The van der Waals surface area contributed by atoms with Gasteiger partial charge in [-0.25, -0.2) is 4.79 Å². The van der Waals surface area contributed by atoms with Crippen molar-refractivity contribution in [3.63, 3.8) is 0 Å². The van der Waals surface area contributed by atoms with Crippen LogP contribution in [0, 0.1) is 6.92 Å². The van der Waals surface area contributed by atoms with Crippen molar-refractivity contribution in [3.05, 3.63) is 63.6 Å². The maximum atomic E-state index is 12.2. The average molecular weight is 334 g/mol. The first-order chi connectivity index (χ1) is 9.49. The van der Waals surface area contributed by atoms with Crippen molar-refractivity contribution in [2.45, 2.75) is 6.92 Å². The lowest BCUT2D eigenvalue weighted by atomic mass is 10.1. The Hall–Kier alpha value is -2.14. The molecule has 0 saturated heterocycles. The topological polar surface area (TPSA) is 66.4 Å². The quantitative estimate of drug-likeness (QED) is 0.899. The Labute approximate surface area is 124 Å². The van der Waals surface area contributed by atoms with E-state index in [2.05, 4.69) is 21.2 Å². The van der Waals surface area contributed by atoms with E-state index in [1.165, 1.54) is 12.1 Å². The molecule has 0 aliphatic rings. The van der Waals surface area contributed by atoms with Gasteiger partial charge in [0.1, 0.15) is 0 Å². The highest BCUT2D eigenvalue weighted by Crippen LogP contribution is 2.20. The van der Waals surface area contributed by atoms with Crippen LogP contribution in [0.1, 0.15) is 26.3 Å². The summed E-state index contributed by atoms with van der Waals surface area (Å²) in [5, 5.41) is 11.5. The van der Waals surface area contributed by atoms with Gasteiger partial charge < -0.3 is 10.4 Å². The molecule has 0 unspecified atom stereocenters. The fraction of sp³-hybridized carbons (Fsp3) is 0.0667. The first kappa shape index (κ1) is 14.3. The molecule has 0 bridgehead atoms. The second-order valence-corrected chi connectivity index (χ2v) is 5.10. The molecule has 2 N–H and O–H groups in total. The predicted octanol–water partition coefficient (Wildman–Crippen LogP) is 3.71. The molecule has 0 aliphatic carbocycles. The summed E-state index contributed by atoms with van der Waals surface area (Å²) < 4.78 is 0.867. The number of anilines is 1. The number of halogens is 1. The molecule has 0 aliphatic heterocycles. The number of benzene rings is 2. The molecule has 2 aromatic carbocycles. The number of hydrogen-bond donors (Lipinski definition) is 2. The third-order valence-electron chi connectivity index (χ3n) is 2.90. The van der Waals surface area contributed by atoms with Gasteiger partial charge in [0.05, 0.1) is 5.56 Å². The maximum absolute atomic E-state index is 12.2. The molecule has 20 heavy (non-hydrogen) atoms. The summed E-state index contributed by atoms with van der Waals surface area (Å²) in [6, 6.07) is 11.4. The number of carbonyl (C=O) groups excluding carboxylic acids is 1. The number of carboxylic acid groups (broad SMARTS) is 1. The van der Waals surface area contributed by atoms with Crippen LogP contribution in [0.2, 0.25) is 0 Å². The van der Waals surface area contributed by atoms with Gasteiger partial charge in [-0.05, 0) is 48.9 Å². The van der Waals surface area contributed by atoms with Crippen LogP contribution in [0.4, 0.5) is 5.69 Å². The summed E-state index contributed by atoms with van der Waals surface area (Å²) in [5.41, 5.74) is 2.16. The monoisotopic (exact) mass is 333 g/mol. The number of carbonyl (C=O) groups is 2. The van der Waals surface area contributed by atoms with Crippen molar-refractivity contribution in [1.29, 1.82) is 0 Å². The summed E-state index contributed by atoms with van der Waals surface area (Å²) in [6.07, 6.45) is 0. The van der Waals surface area contributed by atoms with E-state index >= 15 is 0 Å². The molecule has 0 aromatic heterocycles. The fourth-order valence-electron chi connectivity index (χ4n) is 1.75. The van der Waals surface area contributed by atoms with E-state index in [9.17, 15) is 9.59 Å². The average Bonchev–Trinajstić information content (AvgIpc) is 2.42. The second-order valence-electron chi connectivity index (χ2n) is 4.25. The lowest BCUT2D eigenvalue weighted by molar-refractivity contribution is 0.0696. The smallest absolute Gasteiger partial charge is 0.335 e. The van der Waals surface area contributed by atoms with Gasteiger partial charge in [-0.1, -0.05) is 22.0 Å². The number of rotatable bonds is 3. The van der Waals surface area contributed by atoms with Crippen LogP contribution < -0.4 is 5.32 Å². The molecular weight excluding hydrogens is 322 g/mol. The van der Waals surface area contributed by atoms with Gasteiger partial charge in [0.15, 0.2) is 0 Å². The Balaban J connectivity index is 2.19. The molecule has 0 saturated carbocycles. The van der Waals surface area contributed by atoms with Gasteiger partial charge in [-0.2, -0.15) is 0 Å². The van der Waals surface area contributed by atoms with E-state index in [4.69, 9.17) is 5.11 Å². The van der Waals surface area contributed by atoms with E-state index in [-0.39, 0.29) is 11.5 Å². The van der Waals surface area contributed by atoms with Crippen molar-refractivity contribution >= 4 is 33.5 Å². The van der Waals surface area contributed by atoms with Crippen LogP contribution >= 0.6 is 15.9 Å². The number of carboxylic acids is 1. The Kier molecular flexibility index (Phi) is 4.20. The van der Waals surface area contributed by atoms with E-state index in [1.54, 1.807) is 24.3 Å². The summed E-state index contributed by atoms with van der Waals surface area (Å²) in [6.45, 7) is 1.85. The lowest BCUT2D eigenvalue weighted by Crippen LogP contribution is -2.13. The highest BCUT2D eigenvalue weighted by molar-refractivity contribution is 9.10. The Morgan fingerprint density at radius 1 is 1.10 bits per heavy atom. The number of aromatic carboxylic acids is 1. The second kappa shape index (κ2) is 5.88. The van der Waals surface area contributed by atoms with Crippen LogP contribution in [0.3, 0.4) is 0 Å². The highest BCUT2D eigenvalue weighted by Gasteiger charge is 2.11. The Morgan fingerprint density at radius 2 is 1.75 bits per heavy atom. The van der Waals surface area contributed by atoms with E-state index < -0.39 is 5.97 Å². The highest BCUT2D eigenvalue weighted by atomic mass is 79.9. The molecule has 0 heterocycles. The molecule has 1 amide bonds. The van der Waals surface area contributed by atoms with E-state index in [1.807, 2.05) is 13.0 Å². The third-order valence-corrected chi connectivity index (χ3v) is 3.76. The minimum Gasteiger partial charge on any atom is -0.478 e. The molecule has 0 atom stereocenters. The van der Waals surface area contributed by atoms with Gasteiger partial charge in [-0.15, -0.1) is 0 Å². The zero-order chi connectivity index (χ0) is 14.7. The largest absolute Gasteiger partial charge is 0.478 e. The number of hydrogen-bond acceptors (Lipinski definition) is 2. The van der Waals surface area contributed by atoms with Gasteiger partial charge in [0.25, 0.3) is 5.91 Å². The van der Waals surface area contributed by atoms with Crippen molar-refractivity contribution in [1.82, 2.24) is 0 Å². The standard InChI is InChI=1S/C15H12BrNO3/c1-9-12(3-2-4-13(9)16)14(18)17-11-7-5-10(6-8-11)15(19)20/h2-8H,1H3,(H,17,18)(H,19,20). The first-order valence-electron chi connectivity index (χ1n) is 5.89. The van der Waals surface area contributed by atoms with E-state index in [0.29, 0.717) is 11.3 Å². The minimum absolute atomic E-state index is 0.182.